The van der Waals surface area contributed by atoms with Gasteiger partial charge < -0.3 is 9.84 Å². The van der Waals surface area contributed by atoms with Gasteiger partial charge in [0.1, 0.15) is 5.75 Å². The molecule has 0 unspecified atom stereocenters. The molecule has 2 aromatic carbocycles. The molecule has 0 aliphatic heterocycles. The zero-order valence-corrected chi connectivity index (χ0v) is 11.0. The van der Waals surface area contributed by atoms with Crippen LogP contribution in [0.5, 0.6) is 5.75 Å². The zero-order valence-electron chi connectivity index (χ0n) is 11.0. The van der Waals surface area contributed by atoms with Gasteiger partial charge in [-0.25, -0.2) is 0 Å². The van der Waals surface area contributed by atoms with Crippen LogP contribution in [0.25, 0.3) is 11.1 Å². The fourth-order valence-electron chi connectivity index (χ4n) is 2.05. The Balaban J connectivity index is 2.27. The van der Waals surface area contributed by atoms with Gasteiger partial charge in [-0.1, -0.05) is 30.3 Å². The van der Waals surface area contributed by atoms with Gasteiger partial charge in [-0.3, -0.25) is 4.79 Å². The summed E-state index contributed by atoms with van der Waals surface area (Å²) in [6.07, 6.45) is 0.0575. The molecule has 2 rings (SSSR count). The minimum absolute atomic E-state index is 0.0575. The highest BCUT2D eigenvalue weighted by atomic mass is 16.5. The van der Waals surface area contributed by atoms with Crippen LogP contribution >= 0.6 is 0 Å². The number of aliphatic carboxylic acids is 1. The lowest BCUT2D eigenvalue weighted by Crippen LogP contribution is -1.99. The largest absolute Gasteiger partial charge is 0.496 e. The maximum Gasteiger partial charge on any atom is 0.307 e. The third kappa shape index (κ3) is 3.13. The molecule has 98 valence electrons. The van der Waals surface area contributed by atoms with Crippen molar-refractivity contribution in [3.8, 4) is 16.9 Å². The van der Waals surface area contributed by atoms with Gasteiger partial charge in [0.15, 0.2) is 0 Å². The molecule has 0 atom stereocenters. The van der Waals surface area contributed by atoms with Crippen LogP contribution < -0.4 is 4.74 Å². The second kappa shape index (κ2) is 5.57. The Labute approximate surface area is 112 Å². The van der Waals surface area contributed by atoms with Crippen molar-refractivity contribution >= 4 is 5.97 Å². The van der Waals surface area contributed by atoms with Crippen LogP contribution in [-0.4, -0.2) is 18.2 Å². The lowest BCUT2D eigenvalue weighted by atomic mass is 10.0. The van der Waals surface area contributed by atoms with Crippen LogP contribution in [0.4, 0.5) is 0 Å². The lowest BCUT2D eigenvalue weighted by Gasteiger charge is -2.08. The van der Waals surface area contributed by atoms with Gasteiger partial charge >= 0.3 is 5.97 Å². The Morgan fingerprint density at radius 1 is 1.11 bits per heavy atom. The van der Waals surface area contributed by atoms with E-state index >= 15 is 0 Å². The average molecular weight is 256 g/mol. The van der Waals surface area contributed by atoms with Crippen molar-refractivity contribution in [3.63, 3.8) is 0 Å². The summed E-state index contributed by atoms with van der Waals surface area (Å²) < 4.78 is 5.23. The standard InChI is InChI=1S/C16H16O3/c1-11-9-14(7-8-15(11)19-2)13-5-3-12(4-6-13)10-16(17)18/h3-9H,10H2,1-2H3,(H,17,18). The quantitative estimate of drug-likeness (QED) is 0.913. The number of carboxylic acid groups (broad SMARTS) is 1. The van der Waals surface area contributed by atoms with Crippen LogP contribution in [-0.2, 0) is 11.2 Å². The van der Waals surface area contributed by atoms with Crippen molar-refractivity contribution in [2.75, 3.05) is 7.11 Å². The third-order valence-electron chi connectivity index (χ3n) is 3.04. The Hall–Kier alpha value is -2.29. The van der Waals surface area contributed by atoms with E-state index < -0.39 is 5.97 Å². The van der Waals surface area contributed by atoms with Crippen molar-refractivity contribution in [1.29, 1.82) is 0 Å². The maximum absolute atomic E-state index is 10.6. The van der Waals surface area contributed by atoms with E-state index in [0.717, 1.165) is 28.0 Å². The zero-order chi connectivity index (χ0) is 13.8. The fraction of sp³-hybridized carbons (Fsp3) is 0.188. The molecule has 3 nitrogen and oxygen atoms in total. The lowest BCUT2D eigenvalue weighted by molar-refractivity contribution is -0.136. The number of hydrogen-bond donors (Lipinski definition) is 1. The van der Waals surface area contributed by atoms with Crippen molar-refractivity contribution in [3.05, 3.63) is 53.6 Å². The van der Waals surface area contributed by atoms with Gasteiger partial charge in [0.05, 0.1) is 13.5 Å². The number of hydrogen-bond acceptors (Lipinski definition) is 2. The molecule has 19 heavy (non-hydrogen) atoms. The van der Waals surface area contributed by atoms with E-state index in [1.54, 1.807) is 7.11 Å². The highest BCUT2D eigenvalue weighted by molar-refractivity contribution is 5.71. The predicted octanol–water partition coefficient (Wildman–Crippen LogP) is 3.30. The van der Waals surface area contributed by atoms with Crippen LogP contribution in [0.15, 0.2) is 42.5 Å². The van der Waals surface area contributed by atoms with Crippen molar-refractivity contribution in [2.24, 2.45) is 0 Å². The second-order valence-electron chi connectivity index (χ2n) is 4.45. The first kappa shape index (κ1) is 13.1. The fourth-order valence-corrected chi connectivity index (χ4v) is 2.05. The minimum Gasteiger partial charge on any atom is -0.496 e. The summed E-state index contributed by atoms with van der Waals surface area (Å²) in [6, 6.07) is 13.6. The topological polar surface area (TPSA) is 46.5 Å². The molecule has 0 saturated heterocycles. The summed E-state index contributed by atoms with van der Waals surface area (Å²) in [4.78, 5) is 10.6. The number of carbonyl (C=O) groups is 1. The van der Waals surface area contributed by atoms with Crippen LogP contribution in [0.2, 0.25) is 0 Å². The van der Waals surface area contributed by atoms with Gasteiger partial charge in [-0.2, -0.15) is 0 Å². The van der Waals surface area contributed by atoms with Gasteiger partial charge in [-0.15, -0.1) is 0 Å². The molecule has 1 N–H and O–H groups in total. The summed E-state index contributed by atoms with van der Waals surface area (Å²) in [5.41, 5.74) is 4.05. The first-order valence-electron chi connectivity index (χ1n) is 6.06. The molecule has 0 amide bonds. The maximum atomic E-state index is 10.6. The van der Waals surface area contributed by atoms with Crippen LogP contribution in [0.1, 0.15) is 11.1 Å². The van der Waals surface area contributed by atoms with Crippen molar-refractivity contribution in [1.82, 2.24) is 0 Å². The van der Waals surface area contributed by atoms with E-state index in [0.29, 0.717) is 0 Å². The molecule has 0 bridgehead atoms. The number of rotatable bonds is 4. The summed E-state index contributed by atoms with van der Waals surface area (Å²) in [5.74, 6) is 0.0549. The van der Waals surface area contributed by atoms with E-state index in [-0.39, 0.29) is 6.42 Å². The van der Waals surface area contributed by atoms with Crippen LogP contribution in [0, 0.1) is 6.92 Å². The average Bonchev–Trinajstić information content (AvgIpc) is 2.39. The molecule has 2 aromatic rings. The summed E-state index contributed by atoms with van der Waals surface area (Å²) in [6.45, 7) is 2.00. The molecule has 0 heterocycles. The van der Waals surface area contributed by atoms with E-state index in [1.165, 1.54) is 0 Å². The number of methoxy groups -OCH3 is 1. The highest BCUT2D eigenvalue weighted by Crippen LogP contribution is 2.26. The molecule has 0 fully saturated rings. The van der Waals surface area contributed by atoms with Crippen molar-refractivity contribution in [2.45, 2.75) is 13.3 Å². The first-order chi connectivity index (χ1) is 9.10. The Kier molecular flexibility index (Phi) is 3.85. The van der Waals surface area contributed by atoms with E-state index in [4.69, 9.17) is 9.84 Å². The summed E-state index contributed by atoms with van der Waals surface area (Å²) in [7, 11) is 1.66. The molecule has 0 radical (unpaired) electrons. The minimum atomic E-state index is -0.812. The normalized spacial score (nSPS) is 10.2. The molecule has 0 aromatic heterocycles. The molecular formula is C16H16O3. The predicted molar refractivity (Wildman–Crippen MR) is 74.5 cm³/mol. The van der Waals surface area contributed by atoms with Gasteiger partial charge in [0, 0.05) is 0 Å². The number of carboxylic acids is 1. The van der Waals surface area contributed by atoms with Gasteiger partial charge in [0.2, 0.25) is 0 Å². The third-order valence-corrected chi connectivity index (χ3v) is 3.04. The Morgan fingerprint density at radius 3 is 2.26 bits per heavy atom. The molecule has 0 aliphatic rings. The molecule has 0 spiro atoms. The molecule has 0 saturated carbocycles. The SMILES string of the molecule is COc1ccc(-c2ccc(CC(=O)O)cc2)cc1C. The first-order valence-corrected chi connectivity index (χ1v) is 6.06. The number of benzene rings is 2. The molecule has 0 aliphatic carbocycles. The second-order valence-corrected chi connectivity index (χ2v) is 4.45. The van der Waals surface area contributed by atoms with E-state index in [2.05, 4.69) is 6.07 Å². The van der Waals surface area contributed by atoms with Crippen LogP contribution in [0.3, 0.4) is 0 Å². The van der Waals surface area contributed by atoms with Crippen molar-refractivity contribution < 1.29 is 14.6 Å². The van der Waals surface area contributed by atoms with Gasteiger partial charge in [-0.05, 0) is 41.3 Å². The monoisotopic (exact) mass is 256 g/mol. The summed E-state index contributed by atoms with van der Waals surface area (Å²) in [5, 5.41) is 8.73. The highest BCUT2D eigenvalue weighted by Gasteiger charge is 2.04. The molecular weight excluding hydrogens is 240 g/mol. The van der Waals surface area contributed by atoms with Gasteiger partial charge in [0.25, 0.3) is 0 Å². The number of aryl methyl sites for hydroxylation is 1. The van der Waals surface area contributed by atoms with E-state index in [1.807, 2.05) is 43.3 Å². The Morgan fingerprint density at radius 2 is 1.74 bits per heavy atom. The number of ether oxygens (including phenoxy) is 1. The Bertz CT molecular complexity index is 585. The smallest absolute Gasteiger partial charge is 0.307 e. The van der Waals surface area contributed by atoms with E-state index in [9.17, 15) is 4.79 Å². The summed E-state index contributed by atoms with van der Waals surface area (Å²) >= 11 is 0. The molecule has 3 heteroatoms.